The van der Waals surface area contributed by atoms with Crippen LogP contribution in [-0.4, -0.2) is 26.7 Å². The molecule has 0 bridgehead atoms. The van der Waals surface area contributed by atoms with Crippen LogP contribution in [0.4, 0.5) is 0 Å². The van der Waals surface area contributed by atoms with E-state index in [0.29, 0.717) is 19.6 Å². The Balaban J connectivity index is 1.29. The molecule has 1 unspecified atom stereocenters. The van der Waals surface area contributed by atoms with E-state index in [1.807, 2.05) is 24.3 Å². The van der Waals surface area contributed by atoms with Crippen molar-refractivity contribution in [3.8, 4) is 5.75 Å². The van der Waals surface area contributed by atoms with E-state index in [-0.39, 0.29) is 11.1 Å². The van der Waals surface area contributed by atoms with Crippen LogP contribution < -0.4 is 10.5 Å². The smallest absolute Gasteiger partial charge is 0.268 e. The molecule has 4 aromatic rings. The van der Waals surface area contributed by atoms with Crippen LogP contribution in [0.25, 0.3) is 0 Å². The highest BCUT2D eigenvalue weighted by atomic mass is 16.5. The predicted octanol–water partition coefficient (Wildman–Crippen LogP) is 5.27. The minimum atomic E-state index is -0.572. The van der Waals surface area contributed by atoms with Gasteiger partial charge < -0.3 is 20.1 Å². The number of primary amides is 1. The van der Waals surface area contributed by atoms with Crippen LogP contribution in [0.3, 0.4) is 0 Å². The summed E-state index contributed by atoms with van der Waals surface area (Å²) in [6, 6.07) is 27.3. The number of aromatic nitrogens is 2. The number of amides is 1. The van der Waals surface area contributed by atoms with Gasteiger partial charge in [0.1, 0.15) is 18.1 Å². The number of carbonyl (C=O) groups is 1. The number of ether oxygens (including phenoxy) is 1. The van der Waals surface area contributed by atoms with Gasteiger partial charge in [-0.1, -0.05) is 86.6 Å². The van der Waals surface area contributed by atoms with Crippen molar-refractivity contribution in [2.24, 2.45) is 5.73 Å². The molecule has 0 aliphatic heterocycles. The molecule has 6 nitrogen and oxygen atoms in total. The molecule has 0 saturated carbocycles. The predicted molar refractivity (Wildman–Crippen MR) is 145 cm³/mol. The maximum atomic E-state index is 11.2. The van der Waals surface area contributed by atoms with Gasteiger partial charge in [-0.15, -0.1) is 0 Å². The number of hydrogen-bond donors (Lipinski definition) is 2. The van der Waals surface area contributed by atoms with E-state index in [4.69, 9.17) is 10.5 Å². The number of para-hydroxylation sites is 1. The maximum absolute atomic E-state index is 11.2. The molecular weight excluding hydrogens is 462 g/mol. The van der Waals surface area contributed by atoms with Gasteiger partial charge in [0.15, 0.2) is 0 Å². The second-order valence-corrected chi connectivity index (χ2v) is 9.95. The lowest BCUT2D eigenvalue weighted by molar-refractivity contribution is 0.0995. The summed E-state index contributed by atoms with van der Waals surface area (Å²) in [6.07, 6.45) is 4.76. The molecule has 6 heteroatoms. The van der Waals surface area contributed by atoms with E-state index in [1.165, 1.54) is 17.5 Å². The fourth-order valence-corrected chi connectivity index (χ4v) is 4.50. The molecule has 1 amide bonds. The highest BCUT2D eigenvalue weighted by Crippen LogP contribution is 2.31. The van der Waals surface area contributed by atoms with E-state index in [9.17, 15) is 9.90 Å². The van der Waals surface area contributed by atoms with Crippen LogP contribution in [0.2, 0.25) is 0 Å². The van der Waals surface area contributed by atoms with E-state index < -0.39 is 12.0 Å². The fourth-order valence-electron chi connectivity index (χ4n) is 4.50. The van der Waals surface area contributed by atoms with Crippen molar-refractivity contribution in [1.29, 1.82) is 0 Å². The number of carbonyl (C=O) groups excluding carboxylic acids is 1. The molecule has 0 spiro atoms. The molecule has 0 aliphatic rings. The van der Waals surface area contributed by atoms with E-state index in [0.717, 1.165) is 29.7 Å². The van der Waals surface area contributed by atoms with Crippen molar-refractivity contribution in [1.82, 2.24) is 9.55 Å². The van der Waals surface area contributed by atoms with Crippen LogP contribution in [-0.2, 0) is 25.0 Å². The fraction of sp³-hybridized carbons (Fsp3) is 0.290. The number of rotatable bonds is 12. The molecule has 37 heavy (non-hydrogen) atoms. The topological polar surface area (TPSA) is 90.4 Å². The Morgan fingerprint density at radius 2 is 1.68 bits per heavy atom. The number of aliphatic hydroxyl groups is 1. The van der Waals surface area contributed by atoms with Crippen molar-refractivity contribution in [2.45, 2.75) is 57.8 Å². The van der Waals surface area contributed by atoms with E-state index in [2.05, 4.69) is 73.4 Å². The van der Waals surface area contributed by atoms with Crippen molar-refractivity contribution in [2.75, 3.05) is 0 Å². The molecule has 3 aromatic carbocycles. The standard InChI is InChI=1S/C31H35N3O3/c1-31(2,25-11-4-3-5-12-25)26-17-15-23(16-18-26)21-37-29-14-7-6-9-24(29)10-8-13-27(35)19-34-20-28(30(32)36)33-22-34/h3-7,9,11-12,14-18,20,22,27,35H,8,10,13,19,21H2,1-2H3,(H2,32,36). The molecule has 0 fully saturated rings. The Labute approximate surface area is 218 Å². The third-order valence-corrected chi connectivity index (χ3v) is 6.83. The van der Waals surface area contributed by atoms with Gasteiger partial charge >= 0.3 is 0 Å². The quantitative estimate of drug-likeness (QED) is 0.279. The van der Waals surface area contributed by atoms with Gasteiger partial charge in [-0.2, -0.15) is 0 Å². The average Bonchev–Trinajstić information content (AvgIpc) is 3.38. The summed E-state index contributed by atoms with van der Waals surface area (Å²) >= 11 is 0. The molecule has 0 radical (unpaired) electrons. The van der Waals surface area contributed by atoms with Crippen LogP contribution in [0.5, 0.6) is 5.75 Å². The third kappa shape index (κ3) is 6.86. The molecule has 4 rings (SSSR count). The first kappa shape index (κ1) is 26.2. The lowest BCUT2D eigenvalue weighted by Gasteiger charge is -2.26. The zero-order valence-electron chi connectivity index (χ0n) is 21.5. The molecule has 0 saturated heterocycles. The number of aliphatic hydroxyl groups excluding tert-OH is 1. The molecule has 3 N–H and O–H groups in total. The van der Waals surface area contributed by atoms with E-state index in [1.54, 1.807) is 10.8 Å². The molecule has 1 atom stereocenters. The highest BCUT2D eigenvalue weighted by Gasteiger charge is 2.22. The molecule has 1 aromatic heterocycles. The minimum Gasteiger partial charge on any atom is -0.489 e. The van der Waals surface area contributed by atoms with Crippen LogP contribution in [0, 0.1) is 0 Å². The summed E-state index contributed by atoms with van der Waals surface area (Å²) in [5.41, 5.74) is 10.2. The van der Waals surface area contributed by atoms with Gasteiger partial charge in [0, 0.05) is 18.2 Å². The minimum absolute atomic E-state index is 0.0696. The van der Waals surface area contributed by atoms with Crippen molar-refractivity contribution < 1.29 is 14.6 Å². The summed E-state index contributed by atoms with van der Waals surface area (Å²) in [5.74, 6) is 0.295. The third-order valence-electron chi connectivity index (χ3n) is 6.83. The number of nitrogens with two attached hydrogens (primary N) is 1. The van der Waals surface area contributed by atoms with Crippen LogP contribution in [0.15, 0.2) is 91.4 Å². The van der Waals surface area contributed by atoms with Crippen molar-refractivity contribution >= 4 is 5.91 Å². The zero-order chi connectivity index (χ0) is 26.3. The Hall–Kier alpha value is -3.90. The van der Waals surface area contributed by atoms with Crippen molar-refractivity contribution in [3.63, 3.8) is 0 Å². The lowest BCUT2D eigenvalue weighted by Crippen LogP contribution is -2.18. The summed E-state index contributed by atoms with van der Waals surface area (Å²) in [7, 11) is 0. The Morgan fingerprint density at radius 1 is 1.00 bits per heavy atom. The van der Waals surface area contributed by atoms with Gasteiger partial charge in [-0.3, -0.25) is 4.79 Å². The van der Waals surface area contributed by atoms with Gasteiger partial charge in [0.2, 0.25) is 0 Å². The molecule has 1 heterocycles. The Bertz CT molecular complexity index is 1300. The SMILES string of the molecule is CC(C)(c1ccccc1)c1ccc(COc2ccccc2CCCC(O)Cn2cnc(C(N)=O)c2)cc1. The molecule has 192 valence electrons. The average molecular weight is 498 g/mol. The first-order valence-corrected chi connectivity index (χ1v) is 12.7. The number of aryl methyl sites for hydroxylation is 1. The Kier molecular flexibility index (Phi) is 8.41. The number of imidazole rings is 1. The summed E-state index contributed by atoms with van der Waals surface area (Å²) in [4.78, 5) is 15.1. The first-order valence-electron chi connectivity index (χ1n) is 12.7. The van der Waals surface area contributed by atoms with Crippen LogP contribution >= 0.6 is 0 Å². The van der Waals surface area contributed by atoms with E-state index >= 15 is 0 Å². The van der Waals surface area contributed by atoms with Gasteiger partial charge in [0.05, 0.1) is 12.4 Å². The second kappa shape index (κ2) is 11.9. The number of hydrogen-bond acceptors (Lipinski definition) is 4. The summed E-state index contributed by atoms with van der Waals surface area (Å²) in [6.45, 7) is 5.35. The van der Waals surface area contributed by atoms with Gasteiger partial charge in [0.25, 0.3) is 5.91 Å². The highest BCUT2D eigenvalue weighted by molar-refractivity contribution is 5.90. The lowest BCUT2D eigenvalue weighted by atomic mass is 9.78. The van der Waals surface area contributed by atoms with Crippen LogP contribution in [0.1, 0.15) is 59.4 Å². The van der Waals surface area contributed by atoms with Gasteiger partial charge in [-0.05, 0) is 47.6 Å². The van der Waals surface area contributed by atoms with Gasteiger partial charge in [-0.25, -0.2) is 4.98 Å². The Morgan fingerprint density at radius 3 is 2.38 bits per heavy atom. The number of benzene rings is 3. The normalized spacial score (nSPS) is 12.3. The second-order valence-electron chi connectivity index (χ2n) is 9.95. The first-order chi connectivity index (χ1) is 17.8. The summed E-state index contributed by atoms with van der Waals surface area (Å²) in [5, 5.41) is 10.4. The largest absolute Gasteiger partial charge is 0.489 e. The summed E-state index contributed by atoms with van der Waals surface area (Å²) < 4.78 is 7.88. The zero-order valence-corrected chi connectivity index (χ0v) is 21.5. The maximum Gasteiger partial charge on any atom is 0.268 e. The molecule has 0 aliphatic carbocycles. The number of nitrogens with zero attached hydrogens (tertiary/aromatic N) is 2. The van der Waals surface area contributed by atoms with Crippen molar-refractivity contribution in [3.05, 3.63) is 119 Å². The monoisotopic (exact) mass is 497 g/mol. The molecular formula is C31H35N3O3.